The van der Waals surface area contributed by atoms with Crippen LogP contribution >= 0.6 is 15.9 Å². The van der Waals surface area contributed by atoms with Gasteiger partial charge >= 0.3 is 0 Å². The van der Waals surface area contributed by atoms with Gasteiger partial charge in [-0.05, 0) is 61.4 Å². The highest BCUT2D eigenvalue weighted by Gasteiger charge is 2.47. The molecule has 2 aromatic rings. The van der Waals surface area contributed by atoms with Crippen LogP contribution in [0.15, 0.2) is 53.0 Å². The van der Waals surface area contributed by atoms with Gasteiger partial charge in [-0.1, -0.05) is 28.8 Å². The first kappa shape index (κ1) is 19.8. The Morgan fingerprint density at radius 2 is 1.62 bits per heavy atom. The Bertz CT molecular complexity index is 940. The minimum absolute atomic E-state index is 0.0433. The molecule has 4 rings (SSSR count). The fourth-order valence-electron chi connectivity index (χ4n) is 4.18. The summed E-state index contributed by atoms with van der Waals surface area (Å²) in [7, 11) is 0. The van der Waals surface area contributed by atoms with Crippen LogP contribution in [0.2, 0.25) is 0 Å². The predicted octanol–water partition coefficient (Wildman–Crippen LogP) is 4.31. The van der Waals surface area contributed by atoms with Crippen molar-refractivity contribution in [1.82, 2.24) is 4.90 Å². The second kappa shape index (κ2) is 8.06. The molecule has 29 heavy (non-hydrogen) atoms. The van der Waals surface area contributed by atoms with E-state index in [4.69, 9.17) is 0 Å². The SMILES string of the molecule is O=C1CC(N(C(=O)c2ccc(F)cc2)C2CCCC2)C(=O)N1c1ccc(Br)cc1. The molecule has 5 nitrogen and oxygen atoms in total. The average molecular weight is 459 g/mol. The maximum atomic E-state index is 13.3. The molecule has 1 heterocycles. The van der Waals surface area contributed by atoms with E-state index in [1.54, 1.807) is 29.2 Å². The third-order valence-corrected chi connectivity index (χ3v) is 6.12. The van der Waals surface area contributed by atoms with Crippen molar-refractivity contribution in [3.63, 3.8) is 0 Å². The molecular formula is C22H20BrFN2O3. The summed E-state index contributed by atoms with van der Waals surface area (Å²) in [5.41, 5.74) is 0.812. The zero-order valence-electron chi connectivity index (χ0n) is 15.7. The standard InChI is InChI=1S/C22H20BrFN2O3/c23-15-7-11-18(12-8-15)26-20(27)13-19(22(26)29)25(17-3-1-2-4-17)21(28)14-5-9-16(24)10-6-14/h5-12,17,19H,1-4,13H2. The molecule has 1 saturated carbocycles. The summed E-state index contributed by atoms with van der Waals surface area (Å²) < 4.78 is 14.1. The fourth-order valence-corrected chi connectivity index (χ4v) is 4.44. The molecule has 2 aromatic carbocycles. The third kappa shape index (κ3) is 3.83. The quantitative estimate of drug-likeness (QED) is 0.641. The Morgan fingerprint density at radius 3 is 2.24 bits per heavy atom. The molecular weight excluding hydrogens is 439 g/mol. The number of hydrogen-bond acceptors (Lipinski definition) is 3. The highest BCUT2D eigenvalue weighted by Crippen LogP contribution is 2.33. The number of carbonyl (C=O) groups is 3. The first-order valence-electron chi connectivity index (χ1n) is 9.66. The molecule has 150 valence electrons. The Hall–Kier alpha value is -2.54. The van der Waals surface area contributed by atoms with Crippen LogP contribution in [0.1, 0.15) is 42.5 Å². The van der Waals surface area contributed by atoms with Gasteiger partial charge in [0.15, 0.2) is 0 Å². The number of anilines is 1. The van der Waals surface area contributed by atoms with Crippen LogP contribution in [0.25, 0.3) is 0 Å². The van der Waals surface area contributed by atoms with Crippen molar-refractivity contribution >= 4 is 39.3 Å². The van der Waals surface area contributed by atoms with Crippen LogP contribution < -0.4 is 4.90 Å². The molecule has 2 aliphatic rings. The van der Waals surface area contributed by atoms with Gasteiger partial charge in [-0.15, -0.1) is 0 Å². The zero-order valence-corrected chi connectivity index (χ0v) is 17.3. The van der Waals surface area contributed by atoms with Gasteiger partial charge < -0.3 is 4.90 Å². The van der Waals surface area contributed by atoms with Gasteiger partial charge in [0.05, 0.1) is 12.1 Å². The number of rotatable bonds is 4. The van der Waals surface area contributed by atoms with E-state index in [1.165, 1.54) is 24.3 Å². The van der Waals surface area contributed by atoms with E-state index in [9.17, 15) is 18.8 Å². The Kier molecular flexibility index (Phi) is 5.50. The highest BCUT2D eigenvalue weighted by atomic mass is 79.9. The lowest BCUT2D eigenvalue weighted by atomic mass is 10.1. The van der Waals surface area contributed by atoms with Gasteiger partial charge in [-0.25, -0.2) is 9.29 Å². The normalized spacial score (nSPS) is 19.8. The second-order valence-corrected chi connectivity index (χ2v) is 8.34. The lowest BCUT2D eigenvalue weighted by Crippen LogP contribution is -2.50. The molecule has 2 fully saturated rings. The molecule has 0 radical (unpaired) electrons. The number of benzene rings is 2. The maximum absolute atomic E-state index is 13.3. The summed E-state index contributed by atoms with van der Waals surface area (Å²) in [4.78, 5) is 42.0. The number of imide groups is 1. The van der Waals surface area contributed by atoms with Crippen molar-refractivity contribution in [2.75, 3.05) is 4.90 Å². The summed E-state index contributed by atoms with van der Waals surface area (Å²) in [5.74, 6) is -1.47. The molecule has 0 aromatic heterocycles. The maximum Gasteiger partial charge on any atom is 0.257 e. The number of nitrogens with zero attached hydrogens (tertiary/aromatic N) is 2. The molecule has 0 spiro atoms. The third-order valence-electron chi connectivity index (χ3n) is 5.59. The lowest BCUT2D eigenvalue weighted by Gasteiger charge is -2.33. The van der Waals surface area contributed by atoms with Crippen LogP contribution in [-0.2, 0) is 9.59 Å². The predicted molar refractivity (Wildman–Crippen MR) is 110 cm³/mol. The molecule has 1 unspecified atom stereocenters. The second-order valence-electron chi connectivity index (χ2n) is 7.42. The van der Waals surface area contributed by atoms with Crippen LogP contribution in [0.5, 0.6) is 0 Å². The van der Waals surface area contributed by atoms with Crippen molar-refractivity contribution in [3.8, 4) is 0 Å². The van der Waals surface area contributed by atoms with Gasteiger partial charge in [0.1, 0.15) is 11.9 Å². The number of amides is 3. The van der Waals surface area contributed by atoms with Gasteiger partial charge in [-0.3, -0.25) is 14.4 Å². The van der Waals surface area contributed by atoms with E-state index < -0.39 is 11.9 Å². The summed E-state index contributed by atoms with van der Waals surface area (Å²) in [6.45, 7) is 0. The van der Waals surface area contributed by atoms with E-state index >= 15 is 0 Å². The Labute approximate surface area is 176 Å². The zero-order chi connectivity index (χ0) is 20.5. The molecule has 1 aliphatic carbocycles. The van der Waals surface area contributed by atoms with Crippen molar-refractivity contribution in [3.05, 3.63) is 64.4 Å². The van der Waals surface area contributed by atoms with Crippen molar-refractivity contribution in [2.45, 2.75) is 44.2 Å². The largest absolute Gasteiger partial charge is 0.323 e. The molecule has 0 N–H and O–H groups in total. The van der Waals surface area contributed by atoms with E-state index in [2.05, 4.69) is 15.9 Å². The highest BCUT2D eigenvalue weighted by molar-refractivity contribution is 9.10. The lowest BCUT2D eigenvalue weighted by molar-refractivity contribution is -0.123. The molecule has 0 bridgehead atoms. The summed E-state index contributed by atoms with van der Waals surface area (Å²) in [5, 5.41) is 0. The monoisotopic (exact) mass is 458 g/mol. The number of halogens is 2. The summed E-state index contributed by atoms with van der Waals surface area (Å²) in [6.07, 6.45) is 3.50. The molecule has 3 amide bonds. The van der Waals surface area contributed by atoms with Gasteiger partial charge in [-0.2, -0.15) is 0 Å². The molecule has 1 saturated heterocycles. The van der Waals surface area contributed by atoms with E-state index in [1.807, 2.05) is 0 Å². The van der Waals surface area contributed by atoms with Crippen LogP contribution in [0.3, 0.4) is 0 Å². The van der Waals surface area contributed by atoms with Crippen LogP contribution in [-0.4, -0.2) is 34.7 Å². The molecule has 1 aliphatic heterocycles. The van der Waals surface area contributed by atoms with E-state index in [0.29, 0.717) is 11.3 Å². The van der Waals surface area contributed by atoms with Crippen molar-refractivity contribution in [1.29, 1.82) is 0 Å². The van der Waals surface area contributed by atoms with Gasteiger partial charge in [0, 0.05) is 16.1 Å². The van der Waals surface area contributed by atoms with Gasteiger partial charge in [0.25, 0.3) is 11.8 Å². The minimum Gasteiger partial charge on any atom is -0.323 e. The van der Waals surface area contributed by atoms with Crippen molar-refractivity contribution in [2.24, 2.45) is 0 Å². The van der Waals surface area contributed by atoms with Crippen LogP contribution in [0.4, 0.5) is 10.1 Å². The summed E-state index contributed by atoms with van der Waals surface area (Å²) in [6, 6.07) is 11.3. The fraction of sp³-hybridized carbons (Fsp3) is 0.318. The Balaban J connectivity index is 1.66. The van der Waals surface area contributed by atoms with Crippen LogP contribution in [0, 0.1) is 5.82 Å². The van der Waals surface area contributed by atoms with E-state index in [0.717, 1.165) is 35.1 Å². The van der Waals surface area contributed by atoms with E-state index in [-0.39, 0.29) is 30.2 Å². The topological polar surface area (TPSA) is 57.7 Å². The minimum atomic E-state index is -0.841. The number of hydrogen-bond donors (Lipinski definition) is 0. The first-order chi connectivity index (χ1) is 14.0. The molecule has 1 atom stereocenters. The van der Waals surface area contributed by atoms with Gasteiger partial charge in [0.2, 0.25) is 5.91 Å². The average Bonchev–Trinajstić information content (AvgIpc) is 3.33. The first-order valence-corrected chi connectivity index (χ1v) is 10.5. The Morgan fingerprint density at radius 1 is 1.00 bits per heavy atom. The number of carbonyl (C=O) groups excluding carboxylic acids is 3. The molecule has 7 heteroatoms. The van der Waals surface area contributed by atoms with Crippen molar-refractivity contribution < 1.29 is 18.8 Å². The smallest absolute Gasteiger partial charge is 0.257 e. The summed E-state index contributed by atoms with van der Waals surface area (Å²) >= 11 is 3.35.